The highest BCUT2D eigenvalue weighted by atomic mass is 79.9. The molecule has 1 heterocycles. The minimum absolute atomic E-state index is 0.104. The molecule has 0 aliphatic heterocycles. The lowest BCUT2D eigenvalue weighted by molar-refractivity contribution is 0.138. The molecule has 2 rings (SSSR count). The summed E-state index contributed by atoms with van der Waals surface area (Å²) in [6, 6.07) is 0.104. The number of aryl methyl sites for hydroxylation is 1. The Kier molecular flexibility index (Phi) is 4.96. The van der Waals surface area contributed by atoms with E-state index in [9.17, 15) is 0 Å². The predicted octanol–water partition coefficient (Wildman–Crippen LogP) is 4.52. The topological polar surface area (TPSA) is 43.8 Å². The van der Waals surface area contributed by atoms with Crippen molar-refractivity contribution < 1.29 is 0 Å². The van der Waals surface area contributed by atoms with Crippen LogP contribution in [0.25, 0.3) is 0 Å². The lowest BCUT2D eigenvalue weighted by Crippen LogP contribution is -2.32. The maximum atomic E-state index is 6.56. The Morgan fingerprint density at radius 2 is 1.95 bits per heavy atom. The molecule has 0 amide bonds. The van der Waals surface area contributed by atoms with Gasteiger partial charge in [0.15, 0.2) is 0 Å². The first-order valence-corrected chi connectivity index (χ1v) is 8.60. The van der Waals surface area contributed by atoms with Gasteiger partial charge in [0.1, 0.15) is 0 Å². The zero-order chi connectivity index (χ0) is 14.9. The summed E-state index contributed by atoms with van der Waals surface area (Å²) in [6.07, 6.45) is 6.97. The van der Waals surface area contributed by atoms with Gasteiger partial charge >= 0.3 is 0 Å². The normalized spacial score (nSPS) is 25.7. The van der Waals surface area contributed by atoms with Gasteiger partial charge in [-0.05, 0) is 65.8 Å². The van der Waals surface area contributed by atoms with Gasteiger partial charge in [0.25, 0.3) is 0 Å². The summed E-state index contributed by atoms with van der Waals surface area (Å²) in [5, 5.41) is 4.39. The molecule has 1 aliphatic carbocycles. The Balaban J connectivity index is 2.05. The molecular formula is C16H28BrN3. The fourth-order valence-corrected chi connectivity index (χ4v) is 4.08. The molecule has 2 N–H and O–H groups in total. The number of hydrogen-bond acceptors (Lipinski definition) is 2. The Bertz CT molecular complexity index is 439. The third-order valence-corrected chi connectivity index (χ3v) is 5.56. The molecule has 0 spiro atoms. The Labute approximate surface area is 131 Å². The van der Waals surface area contributed by atoms with Gasteiger partial charge in [-0.3, -0.25) is 4.68 Å². The first-order chi connectivity index (χ1) is 9.34. The Morgan fingerprint density at radius 1 is 1.35 bits per heavy atom. The zero-order valence-corrected chi connectivity index (χ0v) is 14.8. The van der Waals surface area contributed by atoms with E-state index in [1.165, 1.54) is 31.4 Å². The van der Waals surface area contributed by atoms with E-state index in [1.54, 1.807) is 0 Å². The molecule has 1 fully saturated rings. The Morgan fingerprint density at radius 3 is 2.45 bits per heavy atom. The molecule has 0 saturated heterocycles. The average molecular weight is 342 g/mol. The summed E-state index contributed by atoms with van der Waals surface area (Å²) in [5.41, 5.74) is 8.16. The van der Waals surface area contributed by atoms with Gasteiger partial charge in [0.05, 0.1) is 22.4 Å². The van der Waals surface area contributed by atoms with Crippen LogP contribution < -0.4 is 5.73 Å². The van der Waals surface area contributed by atoms with E-state index < -0.39 is 0 Å². The molecule has 0 radical (unpaired) electrons. The highest BCUT2D eigenvalue weighted by Crippen LogP contribution is 2.43. The summed E-state index contributed by atoms with van der Waals surface area (Å²) in [6.45, 7) is 10.1. The van der Waals surface area contributed by atoms with Crippen molar-refractivity contribution >= 4 is 15.9 Å². The van der Waals surface area contributed by atoms with E-state index >= 15 is 0 Å². The molecular weight excluding hydrogens is 314 g/mol. The minimum Gasteiger partial charge on any atom is -0.322 e. The van der Waals surface area contributed by atoms with Gasteiger partial charge in [-0.25, -0.2) is 0 Å². The van der Waals surface area contributed by atoms with Crippen molar-refractivity contribution in [2.24, 2.45) is 23.0 Å². The maximum Gasteiger partial charge on any atom is 0.0696 e. The summed E-state index contributed by atoms with van der Waals surface area (Å²) in [5.74, 6) is 1.43. The molecule has 1 aromatic rings. The average Bonchev–Trinajstić information content (AvgIpc) is 2.78. The van der Waals surface area contributed by atoms with Crippen LogP contribution in [0.4, 0.5) is 0 Å². The lowest BCUT2D eigenvalue weighted by Gasteiger charge is -2.38. The molecule has 1 atom stereocenters. The molecule has 114 valence electrons. The van der Waals surface area contributed by atoms with Crippen LogP contribution in [0, 0.1) is 17.3 Å². The van der Waals surface area contributed by atoms with Crippen molar-refractivity contribution in [2.75, 3.05) is 0 Å². The first kappa shape index (κ1) is 16.0. The van der Waals surface area contributed by atoms with Gasteiger partial charge in [-0.15, -0.1) is 0 Å². The van der Waals surface area contributed by atoms with Crippen molar-refractivity contribution in [1.29, 1.82) is 0 Å². The van der Waals surface area contributed by atoms with Gasteiger partial charge in [-0.2, -0.15) is 5.10 Å². The standard InChI is InChI=1S/C16H28BrN3/c1-5-20-15(13(17)10-19-20)14(18)11-6-8-12(9-7-11)16(2,3)4/h10-12,14H,5-9,18H2,1-4H3. The van der Waals surface area contributed by atoms with Gasteiger partial charge in [-0.1, -0.05) is 20.8 Å². The molecule has 1 aromatic heterocycles. The summed E-state index contributed by atoms with van der Waals surface area (Å²) in [4.78, 5) is 0. The highest BCUT2D eigenvalue weighted by molar-refractivity contribution is 9.10. The SMILES string of the molecule is CCn1ncc(Br)c1C(N)C1CCC(C(C)(C)C)CC1. The minimum atomic E-state index is 0.104. The number of rotatable bonds is 3. The summed E-state index contributed by atoms with van der Waals surface area (Å²) >= 11 is 3.61. The molecule has 3 nitrogen and oxygen atoms in total. The van der Waals surface area contributed by atoms with E-state index in [0.29, 0.717) is 11.3 Å². The first-order valence-electron chi connectivity index (χ1n) is 7.81. The van der Waals surface area contributed by atoms with Crippen LogP contribution in [0.15, 0.2) is 10.7 Å². The van der Waals surface area contributed by atoms with Gasteiger partial charge < -0.3 is 5.73 Å². The summed E-state index contributed by atoms with van der Waals surface area (Å²) in [7, 11) is 0. The van der Waals surface area contributed by atoms with Crippen molar-refractivity contribution in [3.63, 3.8) is 0 Å². The second-order valence-electron chi connectivity index (χ2n) is 7.20. The van der Waals surface area contributed by atoms with E-state index in [4.69, 9.17) is 5.73 Å². The monoisotopic (exact) mass is 341 g/mol. The van der Waals surface area contributed by atoms with Crippen LogP contribution in [-0.4, -0.2) is 9.78 Å². The van der Waals surface area contributed by atoms with Crippen LogP contribution in [0.2, 0.25) is 0 Å². The quantitative estimate of drug-likeness (QED) is 0.878. The molecule has 0 bridgehead atoms. The number of halogens is 1. The molecule has 4 heteroatoms. The maximum absolute atomic E-state index is 6.56. The van der Waals surface area contributed by atoms with E-state index in [0.717, 1.165) is 16.9 Å². The number of aromatic nitrogens is 2. The van der Waals surface area contributed by atoms with E-state index in [1.807, 2.05) is 10.9 Å². The van der Waals surface area contributed by atoms with Gasteiger partial charge in [0.2, 0.25) is 0 Å². The van der Waals surface area contributed by atoms with Crippen LogP contribution in [0.3, 0.4) is 0 Å². The van der Waals surface area contributed by atoms with Crippen molar-refractivity contribution in [3.05, 3.63) is 16.4 Å². The zero-order valence-electron chi connectivity index (χ0n) is 13.2. The van der Waals surface area contributed by atoms with Gasteiger partial charge in [0, 0.05) is 6.54 Å². The van der Waals surface area contributed by atoms with Crippen molar-refractivity contribution in [2.45, 2.75) is 66.0 Å². The fraction of sp³-hybridized carbons (Fsp3) is 0.812. The smallest absolute Gasteiger partial charge is 0.0696 e. The third-order valence-electron chi connectivity index (χ3n) is 4.95. The van der Waals surface area contributed by atoms with Crippen LogP contribution in [-0.2, 0) is 6.54 Å². The highest BCUT2D eigenvalue weighted by Gasteiger charge is 2.33. The van der Waals surface area contributed by atoms with E-state index in [2.05, 4.69) is 48.7 Å². The van der Waals surface area contributed by atoms with Crippen molar-refractivity contribution in [3.8, 4) is 0 Å². The molecule has 1 aliphatic rings. The largest absolute Gasteiger partial charge is 0.322 e. The molecule has 1 unspecified atom stereocenters. The molecule has 0 aromatic carbocycles. The number of hydrogen-bond donors (Lipinski definition) is 1. The second-order valence-corrected chi connectivity index (χ2v) is 8.05. The van der Waals surface area contributed by atoms with Crippen molar-refractivity contribution in [1.82, 2.24) is 9.78 Å². The molecule has 20 heavy (non-hydrogen) atoms. The van der Waals surface area contributed by atoms with E-state index in [-0.39, 0.29) is 6.04 Å². The predicted molar refractivity (Wildman–Crippen MR) is 87.4 cm³/mol. The second kappa shape index (κ2) is 6.18. The van der Waals surface area contributed by atoms with Crippen LogP contribution in [0.1, 0.15) is 65.1 Å². The lowest BCUT2D eigenvalue weighted by atomic mass is 9.68. The summed E-state index contributed by atoms with van der Waals surface area (Å²) < 4.78 is 3.09. The Hall–Kier alpha value is -0.350. The number of nitrogens with two attached hydrogens (primary N) is 1. The molecule has 1 saturated carbocycles. The third kappa shape index (κ3) is 3.28. The van der Waals surface area contributed by atoms with Crippen LogP contribution in [0.5, 0.6) is 0 Å². The van der Waals surface area contributed by atoms with Crippen LogP contribution >= 0.6 is 15.9 Å². The fourth-order valence-electron chi connectivity index (χ4n) is 3.52. The number of nitrogens with zero attached hydrogens (tertiary/aromatic N) is 2.